The van der Waals surface area contributed by atoms with Gasteiger partial charge in [-0.3, -0.25) is 9.48 Å². The number of aliphatic hydroxyl groups excluding tert-OH is 1. The molecule has 0 saturated carbocycles. The molecule has 10 nitrogen and oxygen atoms in total. The number of likely N-dealkylation sites (tertiary alicyclic amines) is 1. The van der Waals surface area contributed by atoms with Crippen molar-refractivity contribution in [3.05, 3.63) is 110 Å². The number of sulfonamides is 1. The first-order valence-corrected chi connectivity index (χ1v) is 20.1. The van der Waals surface area contributed by atoms with E-state index >= 15 is 0 Å². The number of β-amino-alcohol motifs (C(OH)–C–C–N with tert-alkyl or cyclic N) is 1. The Morgan fingerprint density at radius 1 is 0.962 bits per heavy atom. The number of aromatic nitrogens is 2. The van der Waals surface area contributed by atoms with Crippen LogP contribution in [-0.4, -0.2) is 83.0 Å². The summed E-state index contributed by atoms with van der Waals surface area (Å²) in [6, 6.07) is 21.6. The second-order valence-corrected chi connectivity index (χ2v) is 16.4. The molecule has 0 aliphatic carbocycles. The molecule has 6 rings (SSSR count). The largest absolute Gasteiger partial charge is 0.390 e. The highest BCUT2D eigenvalue weighted by atomic mass is 35.5. The first-order chi connectivity index (χ1) is 24.9. The van der Waals surface area contributed by atoms with Crippen LogP contribution in [0.1, 0.15) is 53.3 Å². The third-order valence-electron chi connectivity index (χ3n) is 9.52. The Labute approximate surface area is 316 Å². The Morgan fingerprint density at radius 2 is 1.63 bits per heavy atom. The van der Waals surface area contributed by atoms with E-state index in [1.54, 1.807) is 6.07 Å². The van der Waals surface area contributed by atoms with Gasteiger partial charge in [-0.25, -0.2) is 8.42 Å². The molecule has 0 bridgehead atoms. The maximum absolute atomic E-state index is 12.6. The van der Waals surface area contributed by atoms with Crippen LogP contribution in [-0.2, 0) is 47.4 Å². The minimum atomic E-state index is -3.43. The number of piperidine rings is 1. The summed E-state index contributed by atoms with van der Waals surface area (Å²) in [6.45, 7) is 5.86. The Bertz CT molecular complexity index is 2050. The minimum absolute atomic E-state index is 0.0205. The number of aliphatic hydroxyl groups is 1. The SMILES string of the molecule is CC(=O)NC1CCN(CC(O)Cn2nc(-c3ccc(Cl)c(C#Cc4ccc(CNCc5ccc(Cl)cc5)cc4)c3)c3c2CCN(S(C)(=O)=O)C3)CC1. The number of nitrogens with zero attached hydrogens (tertiary/aromatic N) is 4. The fourth-order valence-corrected chi connectivity index (χ4v) is 7.88. The molecule has 52 heavy (non-hydrogen) atoms. The lowest BCUT2D eigenvalue weighted by Crippen LogP contribution is -2.46. The summed E-state index contributed by atoms with van der Waals surface area (Å²) >= 11 is 12.6. The molecule has 0 radical (unpaired) electrons. The number of carbonyl (C=O) groups is 1. The minimum Gasteiger partial charge on any atom is -0.390 e. The highest BCUT2D eigenvalue weighted by Gasteiger charge is 2.31. The normalized spacial score (nSPS) is 16.2. The molecule has 1 aromatic heterocycles. The van der Waals surface area contributed by atoms with Crippen LogP contribution in [0.15, 0.2) is 66.7 Å². The third kappa shape index (κ3) is 10.0. The van der Waals surface area contributed by atoms with Crippen molar-refractivity contribution in [1.82, 2.24) is 29.6 Å². The van der Waals surface area contributed by atoms with E-state index in [-0.39, 0.29) is 25.0 Å². The molecular weight excluding hydrogens is 719 g/mol. The van der Waals surface area contributed by atoms with Crippen molar-refractivity contribution in [2.45, 2.75) is 64.5 Å². The van der Waals surface area contributed by atoms with Gasteiger partial charge < -0.3 is 20.6 Å². The van der Waals surface area contributed by atoms with Crippen molar-refractivity contribution in [3.63, 3.8) is 0 Å². The quantitative estimate of drug-likeness (QED) is 0.188. The number of carbonyl (C=O) groups excluding carboxylic acids is 1. The van der Waals surface area contributed by atoms with Crippen molar-refractivity contribution in [3.8, 4) is 23.1 Å². The zero-order chi connectivity index (χ0) is 36.8. The molecule has 0 spiro atoms. The lowest BCUT2D eigenvalue weighted by Gasteiger charge is -2.33. The van der Waals surface area contributed by atoms with Gasteiger partial charge in [0.1, 0.15) is 0 Å². The van der Waals surface area contributed by atoms with E-state index in [0.717, 1.165) is 71.0 Å². The zero-order valence-electron chi connectivity index (χ0n) is 29.4. The van der Waals surface area contributed by atoms with Gasteiger partial charge in [0.25, 0.3) is 0 Å². The number of halogens is 2. The maximum Gasteiger partial charge on any atom is 0.217 e. The van der Waals surface area contributed by atoms with Crippen molar-refractivity contribution in [2.24, 2.45) is 0 Å². The van der Waals surface area contributed by atoms with Crippen LogP contribution < -0.4 is 10.6 Å². The second kappa shape index (κ2) is 16.9. The molecule has 3 heterocycles. The smallest absolute Gasteiger partial charge is 0.217 e. The molecule has 1 atom stereocenters. The Hall–Kier alpha value is -3.73. The molecule has 3 aromatic carbocycles. The van der Waals surface area contributed by atoms with Gasteiger partial charge in [0, 0.05) is 98.2 Å². The number of nitrogens with one attached hydrogen (secondary N) is 2. The zero-order valence-corrected chi connectivity index (χ0v) is 31.7. The fraction of sp³-hybridized carbons (Fsp3) is 0.385. The Balaban J connectivity index is 1.17. The molecule has 1 unspecified atom stereocenters. The second-order valence-electron chi connectivity index (χ2n) is 13.6. The van der Waals surface area contributed by atoms with Crippen LogP contribution in [0.3, 0.4) is 0 Å². The number of hydrogen-bond donors (Lipinski definition) is 3. The topological polar surface area (TPSA) is 120 Å². The van der Waals surface area contributed by atoms with Crippen molar-refractivity contribution in [2.75, 3.05) is 32.4 Å². The van der Waals surface area contributed by atoms with Crippen LogP contribution in [0.25, 0.3) is 11.3 Å². The first-order valence-electron chi connectivity index (χ1n) is 17.5. The maximum atomic E-state index is 12.6. The van der Waals surface area contributed by atoms with Gasteiger partial charge in [-0.1, -0.05) is 65.4 Å². The van der Waals surface area contributed by atoms with Crippen molar-refractivity contribution in [1.29, 1.82) is 0 Å². The van der Waals surface area contributed by atoms with Gasteiger partial charge in [0.15, 0.2) is 0 Å². The molecule has 4 aromatic rings. The Kier molecular flexibility index (Phi) is 12.4. The molecule has 2 aliphatic rings. The predicted octanol–water partition coefficient (Wildman–Crippen LogP) is 4.83. The summed E-state index contributed by atoms with van der Waals surface area (Å²) in [4.78, 5) is 13.7. The van der Waals surface area contributed by atoms with E-state index in [1.807, 2.05) is 65.3 Å². The number of rotatable bonds is 11. The molecule has 1 fully saturated rings. The lowest BCUT2D eigenvalue weighted by molar-refractivity contribution is -0.120. The Morgan fingerprint density at radius 3 is 2.29 bits per heavy atom. The summed E-state index contributed by atoms with van der Waals surface area (Å²) in [5.74, 6) is 6.43. The van der Waals surface area contributed by atoms with E-state index in [2.05, 4.69) is 27.4 Å². The van der Waals surface area contributed by atoms with Crippen LogP contribution in [0.2, 0.25) is 10.0 Å². The van der Waals surface area contributed by atoms with E-state index in [9.17, 15) is 18.3 Å². The van der Waals surface area contributed by atoms with Gasteiger partial charge in [0.05, 0.1) is 29.6 Å². The third-order valence-corrected chi connectivity index (χ3v) is 11.4. The van der Waals surface area contributed by atoms with Gasteiger partial charge in [-0.15, -0.1) is 0 Å². The molecule has 13 heteroatoms. The predicted molar refractivity (Wildman–Crippen MR) is 205 cm³/mol. The summed E-state index contributed by atoms with van der Waals surface area (Å²) in [7, 11) is -3.43. The molecule has 3 N–H and O–H groups in total. The number of amides is 1. The van der Waals surface area contributed by atoms with E-state index in [1.165, 1.54) is 17.5 Å². The molecule has 1 amide bonds. The van der Waals surface area contributed by atoms with Crippen LogP contribution >= 0.6 is 23.2 Å². The van der Waals surface area contributed by atoms with E-state index in [4.69, 9.17) is 28.3 Å². The highest BCUT2D eigenvalue weighted by molar-refractivity contribution is 7.88. The van der Waals surface area contributed by atoms with Gasteiger partial charge in [-0.2, -0.15) is 9.40 Å². The molecule has 274 valence electrons. The number of hydrogen-bond acceptors (Lipinski definition) is 7. The fourth-order valence-electron chi connectivity index (χ4n) is 6.80. The van der Waals surface area contributed by atoms with Crippen LogP contribution in [0.4, 0.5) is 0 Å². The molecular formula is C39H44Cl2N6O4S. The molecule has 1 saturated heterocycles. The summed E-state index contributed by atoms with van der Waals surface area (Å²) in [6.07, 6.45) is 2.70. The summed E-state index contributed by atoms with van der Waals surface area (Å²) < 4.78 is 28.5. The monoisotopic (exact) mass is 762 g/mol. The number of benzene rings is 3. The average molecular weight is 764 g/mol. The summed E-state index contributed by atoms with van der Waals surface area (Å²) in [5, 5.41) is 23.8. The number of fused-ring (bicyclic) bond motifs is 1. The molecule has 2 aliphatic heterocycles. The van der Waals surface area contributed by atoms with Crippen molar-refractivity contribution < 1.29 is 18.3 Å². The van der Waals surface area contributed by atoms with Crippen LogP contribution in [0, 0.1) is 11.8 Å². The lowest BCUT2D eigenvalue weighted by atomic mass is 10.0. The van der Waals surface area contributed by atoms with E-state index < -0.39 is 16.1 Å². The average Bonchev–Trinajstić information content (AvgIpc) is 3.47. The van der Waals surface area contributed by atoms with Crippen molar-refractivity contribution >= 4 is 39.1 Å². The highest BCUT2D eigenvalue weighted by Crippen LogP contribution is 2.33. The van der Waals surface area contributed by atoms with E-state index in [0.29, 0.717) is 42.3 Å². The van der Waals surface area contributed by atoms with Gasteiger partial charge >= 0.3 is 0 Å². The van der Waals surface area contributed by atoms with Crippen LogP contribution in [0.5, 0.6) is 0 Å². The first kappa shape index (κ1) is 38.0. The standard InChI is InChI=1S/C39H44Cl2N6O4S/c1-27(48)43-34-15-18-45(19-16-34)24-35(49)25-47-38-17-20-46(52(2,50)51)26-36(38)39(44-47)32-11-14-37(41)31(21-32)10-7-28-3-5-29(6-4-28)22-42-23-30-8-12-33(40)13-9-30/h3-6,8-9,11-14,21,34-35,42,49H,15-20,22-26H2,1-2H3,(H,43,48). The van der Waals surface area contributed by atoms with Gasteiger partial charge in [0.2, 0.25) is 15.9 Å². The summed E-state index contributed by atoms with van der Waals surface area (Å²) in [5.41, 5.74) is 6.95. The van der Waals surface area contributed by atoms with Gasteiger partial charge in [-0.05, 0) is 60.4 Å².